The number of amides is 1. The number of imidazole rings is 1. The fraction of sp³-hybridized carbons (Fsp3) is 0.474. The molecule has 1 aromatic carbocycles. The monoisotopic (exact) mass is 327 g/mol. The Morgan fingerprint density at radius 2 is 2.04 bits per heavy atom. The van der Waals surface area contributed by atoms with Crippen LogP contribution >= 0.6 is 0 Å². The van der Waals surface area contributed by atoms with Gasteiger partial charge in [-0.25, -0.2) is 4.98 Å². The van der Waals surface area contributed by atoms with Gasteiger partial charge < -0.3 is 14.2 Å². The van der Waals surface area contributed by atoms with Crippen LogP contribution < -0.4 is 4.74 Å². The van der Waals surface area contributed by atoms with Crippen molar-refractivity contribution in [2.24, 2.45) is 0 Å². The summed E-state index contributed by atoms with van der Waals surface area (Å²) in [5, 5.41) is 0. The van der Waals surface area contributed by atoms with Crippen molar-refractivity contribution in [3.8, 4) is 5.75 Å². The number of carbonyl (C=O) groups is 1. The van der Waals surface area contributed by atoms with Gasteiger partial charge in [0.25, 0.3) is 0 Å². The molecule has 1 fully saturated rings. The number of carbonyl (C=O) groups excluding carboxylic acids is 1. The van der Waals surface area contributed by atoms with E-state index >= 15 is 0 Å². The molecule has 0 radical (unpaired) electrons. The molecule has 5 heteroatoms. The van der Waals surface area contributed by atoms with Crippen molar-refractivity contribution in [3.63, 3.8) is 0 Å². The molecule has 0 bridgehead atoms. The summed E-state index contributed by atoms with van der Waals surface area (Å²) in [7, 11) is 1.67. The van der Waals surface area contributed by atoms with Crippen molar-refractivity contribution < 1.29 is 9.53 Å². The predicted octanol–water partition coefficient (Wildman–Crippen LogP) is 3.60. The fourth-order valence-corrected chi connectivity index (χ4v) is 3.41. The molecule has 1 aliphatic heterocycles. The summed E-state index contributed by atoms with van der Waals surface area (Å²) in [6.45, 7) is 2.76. The lowest BCUT2D eigenvalue weighted by Crippen LogP contribution is -2.38. The van der Waals surface area contributed by atoms with E-state index in [9.17, 15) is 4.79 Å². The second kappa shape index (κ2) is 7.51. The molecule has 2 heterocycles. The van der Waals surface area contributed by atoms with E-state index in [1.54, 1.807) is 19.6 Å². The standard InChI is InChI=1S/C19H25N3O2/c1-15(21-13-11-20-14-21)19(23)22-12-5-3-4-6-18(22)16-7-9-17(24-2)10-8-16/h7-11,13-15,18H,3-6,12H2,1-2H3/t15-,18+/m1/s1. The second-order valence-electron chi connectivity index (χ2n) is 6.36. The summed E-state index contributed by atoms with van der Waals surface area (Å²) >= 11 is 0. The van der Waals surface area contributed by atoms with Gasteiger partial charge in [-0.2, -0.15) is 0 Å². The van der Waals surface area contributed by atoms with Crippen molar-refractivity contribution >= 4 is 5.91 Å². The predicted molar refractivity (Wildman–Crippen MR) is 92.9 cm³/mol. The third-order valence-corrected chi connectivity index (χ3v) is 4.87. The van der Waals surface area contributed by atoms with Crippen molar-refractivity contribution in [1.29, 1.82) is 0 Å². The molecule has 0 aliphatic carbocycles. The van der Waals surface area contributed by atoms with Gasteiger partial charge in [0.15, 0.2) is 0 Å². The van der Waals surface area contributed by atoms with Crippen molar-refractivity contribution in [3.05, 3.63) is 48.5 Å². The molecule has 1 saturated heterocycles. The molecule has 3 rings (SSSR count). The molecule has 0 spiro atoms. The Kier molecular flexibility index (Phi) is 5.18. The van der Waals surface area contributed by atoms with Gasteiger partial charge in [-0.1, -0.05) is 25.0 Å². The highest BCUT2D eigenvalue weighted by molar-refractivity contribution is 5.80. The molecular formula is C19H25N3O2. The number of nitrogens with zero attached hydrogens (tertiary/aromatic N) is 3. The number of rotatable bonds is 4. The van der Waals surface area contributed by atoms with Crippen LogP contribution in [0.15, 0.2) is 43.0 Å². The van der Waals surface area contributed by atoms with Crippen LogP contribution in [0.1, 0.15) is 50.3 Å². The molecule has 1 aromatic heterocycles. The number of benzene rings is 1. The lowest BCUT2D eigenvalue weighted by atomic mass is 10.00. The minimum Gasteiger partial charge on any atom is -0.497 e. The number of aromatic nitrogens is 2. The summed E-state index contributed by atoms with van der Waals surface area (Å²) in [5.74, 6) is 1.01. The van der Waals surface area contributed by atoms with Crippen LogP contribution in [0.2, 0.25) is 0 Å². The molecule has 0 unspecified atom stereocenters. The Morgan fingerprint density at radius 3 is 2.71 bits per heavy atom. The Labute approximate surface area is 143 Å². The molecule has 128 valence electrons. The topological polar surface area (TPSA) is 47.4 Å². The fourth-order valence-electron chi connectivity index (χ4n) is 3.41. The van der Waals surface area contributed by atoms with E-state index in [0.717, 1.165) is 31.6 Å². The first-order chi connectivity index (χ1) is 11.7. The molecule has 1 aliphatic rings. The van der Waals surface area contributed by atoms with Crippen molar-refractivity contribution in [2.75, 3.05) is 13.7 Å². The van der Waals surface area contributed by atoms with Crippen LogP contribution in [0.25, 0.3) is 0 Å². The third kappa shape index (κ3) is 3.45. The van der Waals surface area contributed by atoms with Crippen molar-refractivity contribution in [1.82, 2.24) is 14.5 Å². The molecular weight excluding hydrogens is 302 g/mol. The number of hydrogen-bond donors (Lipinski definition) is 0. The van der Waals surface area contributed by atoms with Crippen LogP contribution in [0.4, 0.5) is 0 Å². The van der Waals surface area contributed by atoms with Gasteiger partial charge in [-0.05, 0) is 37.5 Å². The van der Waals surface area contributed by atoms with Gasteiger partial charge in [0, 0.05) is 18.9 Å². The van der Waals surface area contributed by atoms with Gasteiger partial charge in [0.1, 0.15) is 11.8 Å². The molecule has 5 nitrogen and oxygen atoms in total. The summed E-state index contributed by atoms with van der Waals surface area (Å²) in [6.07, 6.45) is 9.68. The molecule has 1 amide bonds. The first-order valence-electron chi connectivity index (χ1n) is 8.62. The SMILES string of the molecule is COc1ccc([C@@H]2CCCCCN2C(=O)[C@@H](C)n2ccnc2)cc1. The van der Waals surface area contributed by atoms with Crippen LogP contribution in [-0.4, -0.2) is 34.0 Å². The van der Waals surface area contributed by atoms with Crippen LogP contribution in [0.3, 0.4) is 0 Å². The number of likely N-dealkylation sites (tertiary alicyclic amines) is 1. The minimum absolute atomic E-state index is 0.136. The largest absolute Gasteiger partial charge is 0.497 e. The first-order valence-corrected chi connectivity index (χ1v) is 8.62. The highest BCUT2D eigenvalue weighted by atomic mass is 16.5. The van der Waals surface area contributed by atoms with Gasteiger partial charge >= 0.3 is 0 Å². The van der Waals surface area contributed by atoms with Crippen LogP contribution in [0.5, 0.6) is 5.75 Å². The Hall–Kier alpha value is -2.30. The molecule has 0 N–H and O–H groups in total. The van der Waals surface area contributed by atoms with E-state index in [1.165, 1.54) is 12.0 Å². The molecule has 2 aromatic rings. The summed E-state index contributed by atoms with van der Waals surface area (Å²) in [5.41, 5.74) is 1.18. The smallest absolute Gasteiger partial charge is 0.245 e. The maximum Gasteiger partial charge on any atom is 0.245 e. The Bertz CT molecular complexity index is 652. The van der Waals surface area contributed by atoms with E-state index in [1.807, 2.05) is 29.8 Å². The zero-order chi connectivity index (χ0) is 16.9. The van der Waals surface area contributed by atoms with Gasteiger partial charge in [0.2, 0.25) is 5.91 Å². The number of ether oxygens (including phenoxy) is 1. The Balaban J connectivity index is 1.85. The second-order valence-corrected chi connectivity index (χ2v) is 6.36. The molecule has 24 heavy (non-hydrogen) atoms. The van der Waals surface area contributed by atoms with Gasteiger partial charge in [-0.3, -0.25) is 4.79 Å². The van der Waals surface area contributed by atoms with Gasteiger partial charge in [-0.15, -0.1) is 0 Å². The minimum atomic E-state index is -0.230. The maximum absolute atomic E-state index is 13.1. The number of hydrogen-bond acceptors (Lipinski definition) is 3. The lowest BCUT2D eigenvalue weighted by Gasteiger charge is -2.33. The van der Waals surface area contributed by atoms with Crippen LogP contribution in [-0.2, 0) is 4.79 Å². The first kappa shape index (κ1) is 16.6. The normalized spacial score (nSPS) is 19.6. The average molecular weight is 327 g/mol. The summed E-state index contributed by atoms with van der Waals surface area (Å²) in [6, 6.07) is 8.02. The van der Waals surface area contributed by atoms with Crippen molar-refractivity contribution in [2.45, 2.75) is 44.7 Å². The van der Waals surface area contributed by atoms with E-state index in [2.05, 4.69) is 22.0 Å². The average Bonchev–Trinajstić information content (AvgIpc) is 3.05. The highest BCUT2D eigenvalue weighted by Crippen LogP contribution is 2.32. The summed E-state index contributed by atoms with van der Waals surface area (Å²) < 4.78 is 7.13. The quantitative estimate of drug-likeness (QED) is 0.862. The summed E-state index contributed by atoms with van der Waals surface area (Å²) in [4.78, 5) is 19.2. The van der Waals surface area contributed by atoms with Crippen LogP contribution in [0, 0.1) is 0 Å². The third-order valence-electron chi connectivity index (χ3n) is 4.87. The molecule has 2 atom stereocenters. The van der Waals surface area contributed by atoms with E-state index in [-0.39, 0.29) is 18.0 Å². The van der Waals surface area contributed by atoms with E-state index < -0.39 is 0 Å². The van der Waals surface area contributed by atoms with E-state index in [0.29, 0.717) is 0 Å². The maximum atomic E-state index is 13.1. The van der Waals surface area contributed by atoms with Gasteiger partial charge in [0.05, 0.1) is 19.5 Å². The zero-order valence-electron chi connectivity index (χ0n) is 14.4. The molecule has 0 saturated carbocycles. The zero-order valence-corrected chi connectivity index (χ0v) is 14.4. The highest BCUT2D eigenvalue weighted by Gasteiger charge is 2.30. The van der Waals surface area contributed by atoms with E-state index in [4.69, 9.17) is 4.74 Å². The number of methoxy groups -OCH3 is 1. The lowest BCUT2D eigenvalue weighted by molar-refractivity contribution is -0.136. The Morgan fingerprint density at radius 1 is 1.25 bits per heavy atom.